The van der Waals surface area contributed by atoms with Crippen LogP contribution < -0.4 is 4.74 Å². The van der Waals surface area contributed by atoms with Crippen LogP contribution in [0, 0.1) is 0 Å². The van der Waals surface area contributed by atoms with Crippen LogP contribution in [0.3, 0.4) is 0 Å². The minimum atomic E-state index is -0.625. The van der Waals surface area contributed by atoms with Gasteiger partial charge in [-0.3, -0.25) is 0 Å². The van der Waals surface area contributed by atoms with Gasteiger partial charge in [0.25, 0.3) is 0 Å². The normalized spacial score (nSPS) is 26.6. The largest absolute Gasteiger partial charge is 0.497 e. The van der Waals surface area contributed by atoms with E-state index in [-0.39, 0.29) is 6.10 Å². The second-order valence-corrected chi connectivity index (χ2v) is 4.27. The molecule has 2 atom stereocenters. The topological polar surface area (TPSA) is 48.1 Å². The molecule has 1 fully saturated rings. The molecule has 0 aliphatic carbocycles. The van der Waals surface area contributed by atoms with Crippen molar-refractivity contribution in [2.45, 2.75) is 25.2 Å². The van der Waals surface area contributed by atoms with Crippen LogP contribution in [0.1, 0.15) is 12.5 Å². The molecule has 1 saturated heterocycles. The quantitative estimate of drug-likeness (QED) is 0.555. The van der Waals surface area contributed by atoms with Gasteiger partial charge in [0.15, 0.2) is 6.29 Å². The molecule has 17 heavy (non-hydrogen) atoms. The van der Waals surface area contributed by atoms with Gasteiger partial charge < -0.3 is 19.0 Å². The van der Waals surface area contributed by atoms with Gasteiger partial charge in [0, 0.05) is 0 Å². The fourth-order valence-electron chi connectivity index (χ4n) is 1.58. The van der Waals surface area contributed by atoms with Crippen LogP contribution in [0.5, 0.6) is 5.75 Å². The fraction of sp³-hybridized carbons (Fsp3) is 0.462. The number of benzene rings is 1. The zero-order valence-electron chi connectivity index (χ0n) is 10.0. The van der Waals surface area contributed by atoms with E-state index in [0.717, 1.165) is 17.6 Å². The Bertz CT molecular complexity index is 387. The van der Waals surface area contributed by atoms with Crippen LogP contribution in [-0.2, 0) is 20.9 Å². The van der Waals surface area contributed by atoms with E-state index in [1.807, 2.05) is 24.3 Å². The Hall–Kier alpha value is -1.39. The number of rotatable bonds is 6. The number of carbonyl (C=O) groups excluding carboxylic acids is 1. The molecule has 4 heteroatoms. The van der Waals surface area contributed by atoms with Gasteiger partial charge in [0.2, 0.25) is 0 Å². The van der Waals surface area contributed by atoms with Gasteiger partial charge >= 0.3 is 0 Å². The van der Waals surface area contributed by atoms with Gasteiger partial charge in [-0.25, -0.2) is 0 Å². The maximum absolute atomic E-state index is 10.6. The molecular formula is C13H16O4. The van der Waals surface area contributed by atoms with Crippen molar-refractivity contribution in [3.8, 4) is 5.75 Å². The van der Waals surface area contributed by atoms with Gasteiger partial charge in [-0.2, -0.15) is 0 Å². The first kappa shape index (κ1) is 12.1. The predicted octanol–water partition coefficient (Wildman–Crippen LogP) is 1.57. The molecule has 1 aliphatic rings. The molecule has 1 heterocycles. The summed E-state index contributed by atoms with van der Waals surface area (Å²) in [6, 6.07) is 7.68. The van der Waals surface area contributed by atoms with Crippen molar-refractivity contribution in [2.24, 2.45) is 0 Å². The molecule has 2 rings (SSSR count). The molecule has 0 amide bonds. The minimum Gasteiger partial charge on any atom is -0.497 e. The lowest BCUT2D eigenvalue weighted by Gasteiger charge is -2.04. The zero-order valence-corrected chi connectivity index (χ0v) is 10.0. The Morgan fingerprint density at radius 1 is 1.41 bits per heavy atom. The fourth-order valence-corrected chi connectivity index (χ4v) is 1.58. The Balaban J connectivity index is 1.73. The summed E-state index contributed by atoms with van der Waals surface area (Å²) < 4.78 is 15.8. The van der Waals surface area contributed by atoms with E-state index in [4.69, 9.17) is 14.2 Å². The number of epoxide rings is 1. The van der Waals surface area contributed by atoms with Crippen molar-refractivity contribution in [3.05, 3.63) is 29.8 Å². The Kier molecular flexibility index (Phi) is 3.45. The first-order chi connectivity index (χ1) is 8.18. The van der Waals surface area contributed by atoms with Crippen molar-refractivity contribution >= 4 is 6.29 Å². The summed E-state index contributed by atoms with van der Waals surface area (Å²) in [5.74, 6) is 0.827. The number of ether oxygens (including phenoxy) is 3. The lowest BCUT2D eigenvalue weighted by molar-refractivity contribution is -0.111. The molecule has 4 nitrogen and oxygen atoms in total. The lowest BCUT2D eigenvalue weighted by Crippen LogP contribution is -2.15. The molecule has 92 valence electrons. The first-order valence-corrected chi connectivity index (χ1v) is 5.53. The average molecular weight is 236 g/mol. The van der Waals surface area contributed by atoms with Crippen LogP contribution in [0.25, 0.3) is 0 Å². The number of hydrogen-bond donors (Lipinski definition) is 0. The number of methoxy groups -OCH3 is 1. The SMILES string of the molecule is COc1ccc(COC[C@@H]2O[C@]2(C)C=O)cc1. The highest BCUT2D eigenvalue weighted by molar-refractivity contribution is 5.66. The van der Waals surface area contributed by atoms with Gasteiger partial charge in [-0.1, -0.05) is 12.1 Å². The van der Waals surface area contributed by atoms with Crippen molar-refractivity contribution < 1.29 is 19.0 Å². The summed E-state index contributed by atoms with van der Waals surface area (Å²) in [6.45, 7) is 2.72. The van der Waals surface area contributed by atoms with Gasteiger partial charge in [-0.15, -0.1) is 0 Å². The Labute approximate surface area is 100 Å². The first-order valence-electron chi connectivity index (χ1n) is 5.53. The highest BCUT2D eigenvalue weighted by Crippen LogP contribution is 2.33. The number of aldehydes is 1. The van der Waals surface area contributed by atoms with Crippen LogP contribution in [-0.4, -0.2) is 31.7 Å². The van der Waals surface area contributed by atoms with Crippen molar-refractivity contribution in [3.63, 3.8) is 0 Å². The maximum Gasteiger partial charge on any atom is 0.154 e. The molecule has 1 aliphatic heterocycles. The molecule has 1 aromatic rings. The molecule has 0 unspecified atom stereocenters. The molecular weight excluding hydrogens is 220 g/mol. The van der Waals surface area contributed by atoms with Crippen LogP contribution in [0.4, 0.5) is 0 Å². The monoisotopic (exact) mass is 236 g/mol. The third-order valence-corrected chi connectivity index (χ3v) is 2.91. The molecule has 0 N–H and O–H groups in total. The van der Waals surface area contributed by atoms with Gasteiger partial charge in [0.1, 0.15) is 17.5 Å². The van der Waals surface area contributed by atoms with Crippen molar-refractivity contribution in [1.29, 1.82) is 0 Å². The van der Waals surface area contributed by atoms with E-state index in [9.17, 15) is 4.79 Å². The molecule has 0 bridgehead atoms. The minimum absolute atomic E-state index is 0.0988. The standard InChI is InChI=1S/C13H16O4/c1-13(9-14)12(17-13)8-16-7-10-3-5-11(15-2)6-4-10/h3-6,9,12H,7-8H2,1-2H3/t12-,13+/m0/s1. The summed E-state index contributed by atoms with van der Waals surface area (Å²) in [5.41, 5.74) is 0.444. The highest BCUT2D eigenvalue weighted by Gasteiger charge is 2.52. The molecule has 0 spiro atoms. The number of hydrogen-bond acceptors (Lipinski definition) is 4. The van der Waals surface area contributed by atoms with E-state index in [0.29, 0.717) is 13.2 Å². The summed E-state index contributed by atoms with van der Waals surface area (Å²) in [6.07, 6.45) is 0.729. The second-order valence-electron chi connectivity index (χ2n) is 4.27. The van der Waals surface area contributed by atoms with Crippen molar-refractivity contribution in [1.82, 2.24) is 0 Å². The molecule has 0 radical (unpaired) electrons. The summed E-state index contributed by atoms with van der Waals surface area (Å²) in [5, 5.41) is 0. The van der Waals surface area contributed by atoms with E-state index < -0.39 is 5.60 Å². The van der Waals surface area contributed by atoms with E-state index >= 15 is 0 Å². The zero-order chi connectivity index (χ0) is 12.3. The summed E-state index contributed by atoms with van der Waals surface area (Å²) in [4.78, 5) is 10.6. The summed E-state index contributed by atoms with van der Waals surface area (Å²) >= 11 is 0. The van der Waals surface area contributed by atoms with Crippen LogP contribution >= 0.6 is 0 Å². The van der Waals surface area contributed by atoms with E-state index in [1.54, 1.807) is 14.0 Å². The highest BCUT2D eigenvalue weighted by atomic mass is 16.6. The maximum atomic E-state index is 10.6. The van der Waals surface area contributed by atoms with Gasteiger partial charge in [-0.05, 0) is 24.6 Å². The molecule has 0 saturated carbocycles. The molecule has 0 aromatic heterocycles. The Morgan fingerprint density at radius 3 is 2.65 bits per heavy atom. The average Bonchev–Trinajstić information content (AvgIpc) is 3.02. The second kappa shape index (κ2) is 4.85. The van der Waals surface area contributed by atoms with Crippen LogP contribution in [0.15, 0.2) is 24.3 Å². The Morgan fingerprint density at radius 2 is 2.12 bits per heavy atom. The van der Waals surface area contributed by atoms with E-state index in [2.05, 4.69) is 0 Å². The lowest BCUT2D eigenvalue weighted by atomic mass is 10.1. The third kappa shape index (κ3) is 2.84. The molecule has 1 aromatic carbocycles. The van der Waals surface area contributed by atoms with Gasteiger partial charge in [0.05, 0.1) is 20.3 Å². The van der Waals surface area contributed by atoms with Crippen LogP contribution in [0.2, 0.25) is 0 Å². The van der Waals surface area contributed by atoms with Crippen molar-refractivity contribution in [2.75, 3.05) is 13.7 Å². The predicted molar refractivity (Wildman–Crippen MR) is 62.0 cm³/mol. The summed E-state index contributed by atoms with van der Waals surface area (Å²) in [7, 11) is 1.64. The van der Waals surface area contributed by atoms with E-state index in [1.165, 1.54) is 0 Å². The third-order valence-electron chi connectivity index (χ3n) is 2.91. The number of carbonyl (C=O) groups is 1. The smallest absolute Gasteiger partial charge is 0.154 e.